The number of fused-ring (bicyclic) bond motifs is 1. The first-order chi connectivity index (χ1) is 10.6. The van der Waals surface area contributed by atoms with Crippen LogP contribution >= 0.6 is 0 Å². The number of hydrogen-bond acceptors (Lipinski definition) is 4. The second kappa shape index (κ2) is 6.72. The van der Waals surface area contributed by atoms with Crippen LogP contribution in [0.15, 0.2) is 55.6 Å². The molecule has 22 heavy (non-hydrogen) atoms. The lowest BCUT2D eigenvalue weighted by Crippen LogP contribution is -2.08. The number of carbonyl (C=O) groups is 2. The van der Waals surface area contributed by atoms with Crippen molar-refractivity contribution in [2.45, 2.75) is 13.3 Å². The summed E-state index contributed by atoms with van der Waals surface area (Å²) in [5, 5.41) is 1.38. The van der Waals surface area contributed by atoms with Gasteiger partial charge >= 0.3 is 11.9 Å². The second-order valence-electron chi connectivity index (χ2n) is 4.51. The molecular formula is C18H16O4. The highest BCUT2D eigenvalue weighted by Crippen LogP contribution is 2.37. The molecule has 112 valence electrons. The molecule has 2 rings (SSSR count). The van der Waals surface area contributed by atoms with E-state index in [1.807, 2.05) is 25.1 Å². The highest BCUT2D eigenvalue weighted by Gasteiger charge is 2.16. The normalized spacial score (nSPS) is 10.0. The van der Waals surface area contributed by atoms with Crippen LogP contribution < -0.4 is 9.47 Å². The van der Waals surface area contributed by atoms with Gasteiger partial charge in [-0.2, -0.15) is 0 Å². The van der Waals surface area contributed by atoms with E-state index in [1.54, 1.807) is 12.1 Å². The van der Waals surface area contributed by atoms with Crippen molar-refractivity contribution in [3.05, 3.63) is 61.2 Å². The van der Waals surface area contributed by atoms with Gasteiger partial charge in [-0.15, -0.1) is 0 Å². The quantitative estimate of drug-likeness (QED) is 0.481. The third kappa shape index (κ3) is 3.06. The average Bonchev–Trinajstić information content (AvgIpc) is 2.56. The van der Waals surface area contributed by atoms with Gasteiger partial charge in [0.05, 0.1) is 0 Å². The first-order valence-corrected chi connectivity index (χ1v) is 6.83. The Morgan fingerprint density at radius 2 is 1.64 bits per heavy atom. The van der Waals surface area contributed by atoms with E-state index in [2.05, 4.69) is 13.2 Å². The number of rotatable bonds is 5. The number of carbonyl (C=O) groups excluding carboxylic acids is 2. The van der Waals surface area contributed by atoms with E-state index >= 15 is 0 Å². The minimum absolute atomic E-state index is 0.413. The number of ether oxygens (including phenoxy) is 2. The van der Waals surface area contributed by atoms with Crippen LogP contribution in [0.25, 0.3) is 10.8 Å². The van der Waals surface area contributed by atoms with Crippen molar-refractivity contribution in [3.8, 4) is 11.5 Å². The van der Waals surface area contributed by atoms with E-state index < -0.39 is 11.9 Å². The van der Waals surface area contributed by atoms with E-state index in [9.17, 15) is 9.59 Å². The molecule has 0 aliphatic heterocycles. The Balaban J connectivity index is 2.67. The maximum Gasteiger partial charge on any atom is 0.335 e. The maximum absolute atomic E-state index is 11.6. The molecule has 0 fully saturated rings. The molecule has 2 aromatic carbocycles. The van der Waals surface area contributed by atoms with Gasteiger partial charge in [0.15, 0.2) is 0 Å². The fraction of sp³-hybridized carbons (Fsp3) is 0.111. The summed E-state index contributed by atoms with van der Waals surface area (Å²) in [4.78, 5) is 23.1. The number of esters is 2. The average molecular weight is 296 g/mol. The predicted molar refractivity (Wildman–Crippen MR) is 85.0 cm³/mol. The lowest BCUT2D eigenvalue weighted by atomic mass is 10.0. The van der Waals surface area contributed by atoms with E-state index in [0.29, 0.717) is 28.7 Å². The lowest BCUT2D eigenvalue weighted by Gasteiger charge is -2.14. The fourth-order valence-corrected chi connectivity index (χ4v) is 2.13. The lowest BCUT2D eigenvalue weighted by molar-refractivity contribution is -0.130. The monoisotopic (exact) mass is 296 g/mol. The minimum Gasteiger partial charge on any atom is -0.423 e. The van der Waals surface area contributed by atoms with Gasteiger partial charge in [0, 0.05) is 22.9 Å². The smallest absolute Gasteiger partial charge is 0.335 e. The molecule has 0 spiro atoms. The summed E-state index contributed by atoms with van der Waals surface area (Å²) < 4.78 is 10.7. The van der Waals surface area contributed by atoms with E-state index in [4.69, 9.17) is 9.47 Å². The zero-order chi connectivity index (χ0) is 16.1. The molecule has 0 atom stereocenters. The maximum atomic E-state index is 11.6. The van der Waals surface area contributed by atoms with Gasteiger partial charge in [-0.25, -0.2) is 9.59 Å². The summed E-state index contributed by atoms with van der Waals surface area (Å²) in [6.45, 7) is 8.72. The Labute approximate surface area is 128 Å². The van der Waals surface area contributed by atoms with Crippen molar-refractivity contribution >= 4 is 22.7 Å². The molecule has 0 saturated heterocycles. The SMILES string of the molecule is C=CC(=O)Oc1cc(CC)c(OC(=O)C=C)c2ccccc12. The Bertz CT molecular complexity index is 759. The summed E-state index contributed by atoms with van der Waals surface area (Å²) in [5.74, 6) is -0.198. The molecule has 0 radical (unpaired) electrons. The number of hydrogen-bond donors (Lipinski definition) is 0. The van der Waals surface area contributed by atoms with E-state index in [0.717, 1.165) is 17.7 Å². The van der Waals surface area contributed by atoms with Crippen molar-refractivity contribution in [1.29, 1.82) is 0 Å². The molecule has 0 aromatic heterocycles. The molecule has 0 aliphatic carbocycles. The molecule has 4 heteroatoms. The molecule has 4 nitrogen and oxygen atoms in total. The number of benzene rings is 2. The van der Waals surface area contributed by atoms with Crippen LogP contribution in [-0.4, -0.2) is 11.9 Å². The summed E-state index contributed by atoms with van der Waals surface area (Å²) in [6, 6.07) is 8.96. The number of aryl methyl sites for hydroxylation is 1. The summed E-state index contributed by atoms with van der Waals surface area (Å²) >= 11 is 0. The zero-order valence-electron chi connectivity index (χ0n) is 12.3. The Hall–Kier alpha value is -2.88. The van der Waals surface area contributed by atoms with Crippen molar-refractivity contribution in [1.82, 2.24) is 0 Å². The molecule has 0 amide bonds. The zero-order valence-corrected chi connectivity index (χ0v) is 12.3. The highest BCUT2D eigenvalue weighted by atomic mass is 16.5. The molecule has 0 aliphatic rings. The van der Waals surface area contributed by atoms with Gasteiger partial charge in [0.2, 0.25) is 0 Å². The van der Waals surface area contributed by atoms with Crippen LogP contribution in [0.2, 0.25) is 0 Å². The molecule has 0 bridgehead atoms. The van der Waals surface area contributed by atoms with Crippen molar-refractivity contribution in [2.24, 2.45) is 0 Å². The van der Waals surface area contributed by atoms with Crippen LogP contribution in [0.5, 0.6) is 11.5 Å². The Morgan fingerprint density at radius 3 is 2.23 bits per heavy atom. The van der Waals surface area contributed by atoms with Crippen molar-refractivity contribution < 1.29 is 19.1 Å². The van der Waals surface area contributed by atoms with E-state index in [1.165, 1.54) is 0 Å². The van der Waals surface area contributed by atoms with Gasteiger partial charge in [-0.05, 0) is 18.1 Å². The third-order valence-corrected chi connectivity index (χ3v) is 3.16. The summed E-state index contributed by atoms with van der Waals surface area (Å²) in [5.41, 5.74) is 0.765. The molecular weight excluding hydrogens is 280 g/mol. The highest BCUT2D eigenvalue weighted by molar-refractivity contribution is 5.98. The predicted octanol–water partition coefficient (Wildman–Crippen LogP) is 3.59. The molecule has 0 unspecified atom stereocenters. The minimum atomic E-state index is -0.539. The van der Waals surface area contributed by atoms with E-state index in [-0.39, 0.29) is 0 Å². The second-order valence-corrected chi connectivity index (χ2v) is 4.51. The fourth-order valence-electron chi connectivity index (χ4n) is 2.13. The Kier molecular flexibility index (Phi) is 4.73. The molecule has 2 aromatic rings. The van der Waals surface area contributed by atoms with Gasteiger partial charge in [0.25, 0.3) is 0 Å². The molecule has 0 N–H and O–H groups in total. The van der Waals surface area contributed by atoms with Crippen LogP contribution in [0.3, 0.4) is 0 Å². The topological polar surface area (TPSA) is 52.6 Å². The van der Waals surface area contributed by atoms with Crippen LogP contribution in [0.1, 0.15) is 12.5 Å². The first kappa shape index (κ1) is 15.5. The standard InChI is InChI=1S/C18H16O4/c1-4-12-11-15(21-16(19)5-2)13-9-7-8-10-14(13)18(12)22-17(20)6-3/h5-11H,2-4H2,1H3. The van der Waals surface area contributed by atoms with Gasteiger partial charge in [-0.1, -0.05) is 44.3 Å². The van der Waals surface area contributed by atoms with Crippen LogP contribution in [-0.2, 0) is 16.0 Å². The van der Waals surface area contributed by atoms with Crippen molar-refractivity contribution in [3.63, 3.8) is 0 Å². The summed E-state index contributed by atoms with van der Waals surface area (Å²) in [7, 11) is 0. The third-order valence-electron chi connectivity index (χ3n) is 3.16. The summed E-state index contributed by atoms with van der Waals surface area (Å²) in [6.07, 6.45) is 2.83. The molecule has 0 heterocycles. The van der Waals surface area contributed by atoms with Gasteiger partial charge < -0.3 is 9.47 Å². The van der Waals surface area contributed by atoms with Crippen molar-refractivity contribution in [2.75, 3.05) is 0 Å². The first-order valence-electron chi connectivity index (χ1n) is 6.83. The van der Waals surface area contributed by atoms with Gasteiger partial charge in [0.1, 0.15) is 11.5 Å². The van der Waals surface area contributed by atoms with Gasteiger partial charge in [-0.3, -0.25) is 0 Å². The largest absolute Gasteiger partial charge is 0.423 e. The Morgan fingerprint density at radius 1 is 1.05 bits per heavy atom. The van der Waals surface area contributed by atoms with Crippen LogP contribution in [0.4, 0.5) is 0 Å². The van der Waals surface area contributed by atoms with Crippen LogP contribution in [0, 0.1) is 0 Å². The molecule has 0 saturated carbocycles.